The van der Waals surface area contributed by atoms with Crippen LogP contribution in [0.15, 0.2) is 48.5 Å². The SMILES string of the molecule is COc1cccc(-c2nnn(CC(=O)N3CCCc4ccccc43)n2)c1. The van der Waals surface area contributed by atoms with Gasteiger partial charge in [0.05, 0.1) is 7.11 Å². The average molecular weight is 349 g/mol. The largest absolute Gasteiger partial charge is 0.497 e. The van der Waals surface area contributed by atoms with Gasteiger partial charge in [0, 0.05) is 17.8 Å². The topological polar surface area (TPSA) is 73.1 Å². The van der Waals surface area contributed by atoms with Crippen LogP contribution in [0.2, 0.25) is 0 Å². The van der Waals surface area contributed by atoms with Crippen LogP contribution in [-0.4, -0.2) is 39.8 Å². The van der Waals surface area contributed by atoms with Crippen LogP contribution in [0.25, 0.3) is 11.4 Å². The molecule has 7 nitrogen and oxygen atoms in total. The highest BCUT2D eigenvalue weighted by molar-refractivity contribution is 5.94. The lowest BCUT2D eigenvalue weighted by atomic mass is 10.0. The van der Waals surface area contributed by atoms with Crippen LogP contribution < -0.4 is 9.64 Å². The summed E-state index contributed by atoms with van der Waals surface area (Å²) in [5.74, 6) is 1.15. The summed E-state index contributed by atoms with van der Waals surface area (Å²) in [5, 5.41) is 12.4. The molecular weight excluding hydrogens is 330 g/mol. The maximum Gasteiger partial charge on any atom is 0.250 e. The molecule has 0 spiro atoms. The van der Waals surface area contributed by atoms with Crippen LogP contribution in [0.5, 0.6) is 5.75 Å². The van der Waals surface area contributed by atoms with Gasteiger partial charge in [-0.2, -0.15) is 4.80 Å². The molecule has 1 amide bonds. The summed E-state index contributed by atoms with van der Waals surface area (Å²) < 4.78 is 5.22. The van der Waals surface area contributed by atoms with Crippen molar-refractivity contribution in [2.75, 3.05) is 18.6 Å². The van der Waals surface area contributed by atoms with Gasteiger partial charge >= 0.3 is 0 Å². The van der Waals surface area contributed by atoms with Crippen molar-refractivity contribution in [3.63, 3.8) is 0 Å². The highest BCUT2D eigenvalue weighted by Crippen LogP contribution is 2.27. The maximum absolute atomic E-state index is 12.8. The van der Waals surface area contributed by atoms with Gasteiger partial charge in [0.15, 0.2) is 0 Å². The average Bonchev–Trinajstić information content (AvgIpc) is 3.16. The van der Waals surface area contributed by atoms with Gasteiger partial charge < -0.3 is 9.64 Å². The quantitative estimate of drug-likeness (QED) is 0.723. The van der Waals surface area contributed by atoms with Gasteiger partial charge in [-0.25, -0.2) is 0 Å². The number of anilines is 1. The van der Waals surface area contributed by atoms with Gasteiger partial charge in [-0.05, 0) is 41.8 Å². The zero-order valence-electron chi connectivity index (χ0n) is 14.5. The first-order valence-corrected chi connectivity index (χ1v) is 8.55. The van der Waals surface area contributed by atoms with E-state index in [0.717, 1.165) is 29.8 Å². The molecule has 1 aromatic heterocycles. The van der Waals surface area contributed by atoms with Crippen LogP contribution in [0, 0.1) is 0 Å². The molecule has 3 aromatic rings. The predicted octanol–water partition coefficient (Wildman–Crippen LogP) is 2.33. The third kappa shape index (κ3) is 3.15. The van der Waals surface area contributed by atoms with Crippen LogP contribution in [0.1, 0.15) is 12.0 Å². The summed E-state index contributed by atoms with van der Waals surface area (Å²) >= 11 is 0. The van der Waals surface area contributed by atoms with E-state index in [2.05, 4.69) is 21.5 Å². The Morgan fingerprint density at radius 3 is 2.96 bits per heavy atom. The summed E-state index contributed by atoms with van der Waals surface area (Å²) in [6.07, 6.45) is 1.96. The third-order valence-electron chi connectivity index (χ3n) is 4.47. The number of ether oxygens (including phenoxy) is 1. The first-order valence-electron chi connectivity index (χ1n) is 8.55. The van der Waals surface area contributed by atoms with E-state index in [1.165, 1.54) is 10.4 Å². The Kier molecular flexibility index (Phi) is 4.35. The molecule has 0 unspecified atom stereocenters. The number of para-hydroxylation sites is 1. The molecule has 0 atom stereocenters. The van der Waals surface area contributed by atoms with Crippen molar-refractivity contribution in [2.24, 2.45) is 0 Å². The highest BCUT2D eigenvalue weighted by atomic mass is 16.5. The molecule has 0 N–H and O–H groups in total. The van der Waals surface area contributed by atoms with Crippen molar-refractivity contribution in [3.05, 3.63) is 54.1 Å². The number of methoxy groups -OCH3 is 1. The van der Waals surface area contributed by atoms with Crippen molar-refractivity contribution >= 4 is 11.6 Å². The van der Waals surface area contributed by atoms with Crippen LogP contribution >= 0.6 is 0 Å². The molecule has 7 heteroatoms. The Labute approximate surface area is 151 Å². The minimum Gasteiger partial charge on any atom is -0.497 e. The summed E-state index contributed by atoms with van der Waals surface area (Å²) in [5.41, 5.74) is 2.99. The molecule has 2 aromatic carbocycles. The van der Waals surface area contributed by atoms with E-state index in [-0.39, 0.29) is 12.5 Å². The normalized spacial score (nSPS) is 13.3. The number of tetrazole rings is 1. The number of aromatic nitrogens is 4. The molecule has 0 fully saturated rings. The van der Waals surface area contributed by atoms with Gasteiger partial charge in [-0.3, -0.25) is 4.79 Å². The van der Waals surface area contributed by atoms with E-state index in [9.17, 15) is 4.79 Å². The molecule has 4 rings (SSSR count). The minimum atomic E-state index is -0.0354. The molecule has 1 aliphatic heterocycles. The number of hydrogen-bond donors (Lipinski definition) is 0. The number of benzene rings is 2. The maximum atomic E-state index is 12.8. The minimum absolute atomic E-state index is 0.0354. The lowest BCUT2D eigenvalue weighted by molar-refractivity contribution is -0.119. The Hall–Kier alpha value is -3.22. The van der Waals surface area contributed by atoms with E-state index in [1.807, 2.05) is 47.4 Å². The lowest BCUT2D eigenvalue weighted by Crippen LogP contribution is -2.38. The molecule has 26 heavy (non-hydrogen) atoms. The monoisotopic (exact) mass is 349 g/mol. The molecule has 0 radical (unpaired) electrons. The molecule has 0 aliphatic carbocycles. The summed E-state index contributed by atoms with van der Waals surface area (Å²) in [4.78, 5) is 15.9. The molecule has 132 valence electrons. The van der Waals surface area contributed by atoms with Crippen molar-refractivity contribution in [1.29, 1.82) is 0 Å². The second-order valence-corrected chi connectivity index (χ2v) is 6.15. The van der Waals surface area contributed by atoms with Gasteiger partial charge in [-0.1, -0.05) is 30.3 Å². The van der Waals surface area contributed by atoms with Crippen LogP contribution in [-0.2, 0) is 17.8 Å². The second-order valence-electron chi connectivity index (χ2n) is 6.15. The highest BCUT2D eigenvalue weighted by Gasteiger charge is 2.23. The van der Waals surface area contributed by atoms with Gasteiger partial charge in [0.1, 0.15) is 12.3 Å². The van der Waals surface area contributed by atoms with Gasteiger partial charge in [0.25, 0.3) is 5.91 Å². The fourth-order valence-corrected chi connectivity index (χ4v) is 3.19. The van der Waals surface area contributed by atoms with E-state index in [4.69, 9.17) is 4.74 Å². The summed E-state index contributed by atoms with van der Waals surface area (Å²) in [6.45, 7) is 0.776. The van der Waals surface area contributed by atoms with Gasteiger partial charge in [-0.15, -0.1) is 10.2 Å². The lowest BCUT2D eigenvalue weighted by Gasteiger charge is -2.29. The number of rotatable bonds is 4. The zero-order chi connectivity index (χ0) is 17.9. The predicted molar refractivity (Wildman–Crippen MR) is 96.9 cm³/mol. The fourth-order valence-electron chi connectivity index (χ4n) is 3.19. The van der Waals surface area contributed by atoms with Crippen molar-refractivity contribution in [2.45, 2.75) is 19.4 Å². The molecule has 0 bridgehead atoms. The first kappa shape index (κ1) is 16.3. The molecule has 1 aliphatic rings. The number of fused-ring (bicyclic) bond motifs is 1. The molecular formula is C19H19N5O2. The smallest absolute Gasteiger partial charge is 0.250 e. The number of carbonyl (C=O) groups excluding carboxylic acids is 1. The van der Waals surface area contributed by atoms with E-state index in [0.29, 0.717) is 12.4 Å². The molecule has 2 heterocycles. The standard InChI is InChI=1S/C19H19N5O2/c1-26-16-9-4-7-15(12-16)19-20-22-24(21-19)13-18(25)23-11-5-8-14-6-2-3-10-17(14)23/h2-4,6-7,9-10,12H,5,8,11,13H2,1H3. The number of aryl methyl sites for hydroxylation is 1. The van der Waals surface area contributed by atoms with Crippen molar-refractivity contribution in [3.8, 4) is 17.1 Å². The van der Waals surface area contributed by atoms with Gasteiger partial charge in [0.2, 0.25) is 5.82 Å². The zero-order valence-corrected chi connectivity index (χ0v) is 14.5. The second kappa shape index (κ2) is 6.95. The van der Waals surface area contributed by atoms with E-state index >= 15 is 0 Å². The Morgan fingerprint density at radius 2 is 2.08 bits per heavy atom. The Bertz CT molecular complexity index is 937. The Balaban J connectivity index is 1.52. The first-order chi connectivity index (χ1) is 12.7. The third-order valence-corrected chi connectivity index (χ3v) is 4.47. The van der Waals surface area contributed by atoms with Crippen LogP contribution in [0.3, 0.4) is 0 Å². The van der Waals surface area contributed by atoms with Crippen molar-refractivity contribution in [1.82, 2.24) is 20.2 Å². The van der Waals surface area contributed by atoms with Crippen molar-refractivity contribution < 1.29 is 9.53 Å². The Morgan fingerprint density at radius 1 is 1.19 bits per heavy atom. The molecule has 0 saturated heterocycles. The summed E-state index contributed by atoms with van der Waals surface area (Å²) in [6, 6.07) is 15.5. The number of nitrogens with zero attached hydrogens (tertiary/aromatic N) is 5. The van der Waals surface area contributed by atoms with E-state index in [1.54, 1.807) is 7.11 Å². The summed E-state index contributed by atoms with van der Waals surface area (Å²) in [7, 11) is 1.61. The molecule has 0 saturated carbocycles. The fraction of sp³-hybridized carbons (Fsp3) is 0.263. The number of hydrogen-bond acceptors (Lipinski definition) is 5. The van der Waals surface area contributed by atoms with Crippen LogP contribution in [0.4, 0.5) is 5.69 Å². The number of amides is 1. The van der Waals surface area contributed by atoms with E-state index < -0.39 is 0 Å². The number of carbonyl (C=O) groups is 1.